The van der Waals surface area contributed by atoms with Crippen molar-refractivity contribution in [2.24, 2.45) is 23.7 Å². The van der Waals surface area contributed by atoms with E-state index in [9.17, 15) is 9.90 Å². The van der Waals surface area contributed by atoms with Gasteiger partial charge in [0.2, 0.25) is 0 Å². The summed E-state index contributed by atoms with van der Waals surface area (Å²) in [6.07, 6.45) is 12.6. The number of hydrogen-bond donors (Lipinski definition) is 1. The van der Waals surface area contributed by atoms with Crippen LogP contribution in [-0.4, -0.2) is 67.7 Å². The van der Waals surface area contributed by atoms with E-state index in [0.29, 0.717) is 24.9 Å². The van der Waals surface area contributed by atoms with Crippen LogP contribution in [0.5, 0.6) is 0 Å². The number of allylic oxidation sites excluding steroid dienone is 3. The normalized spacial score (nSPS) is 33.5. The van der Waals surface area contributed by atoms with Crippen LogP contribution in [0.2, 0.25) is 0 Å². The van der Waals surface area contributed by atoms with Gasteiger partial charge in [0, 0.05) is 25.6 Å². The van der Waals surface area contributed by atoms with Crippen molar-refractivity contribution in [3.8, 4) is 0 Å². The summed E-state index contributed by atoms with van der Waals surface area (Å²) in [4.78, 5) is 13.3. The van der Waals surface area contributed by atoms with Crippen LogP contribution in [0.3, 0.4) is 0 Å². The number of hydrogen-bond acceptors (Lipinski definition) is 7. The van der Waals surface area contributed by atoms with Crippen molar-refractivity contribution in [2.75, 3.05) is 13.7 Å². The molecule has 0 spiro atoms. The van der Waals surface area contributed by atoms with Crippen LogP contribution in [0, 0.1) is 23.7 Å². The standard InChI is InChI=1S/C33H56O7/c1-10-28(36-9)25(7)32-30(39-32)20-21(3)14-12-16-23(5)31-24(6)18-19-27(34)22(4)15-13-17-29(33(35)40-31)38-26(8)37-11-2/h12,14,16,18-19,21-22,24-32,34H,10-11,13,15,17,20H2,1-9H3. The van der Waals surface area contributed by atoms with Gasteiger partial charge in [-0.15, -0.1) is 0 Å². The first kappa shape index (κ1) is 34.7. The summed E-state index contributed by atoms with van der Waals surface area (Å²) in [7, 11) is 1.77. The molecular weight excluding hydrogens is 508 g/mol. The highest BCUT2D eigenvalue weighted by Gasteiger charge is 2.45. The van der Waals surface area contributed by atoms with E-state index in [-0.39, 0.29) is 36.1 Å². The Hall–Kier alpha value is -1.51. The van der Waals surface area contributed by atoms with Crippen LogP contribution < -0.4 is 0 Å². The van der Waals surface area contributed by atoms with E-state index in [1.807, 2.05) is 52.0 Å². The van der Waals surface area contributed by atoms with E-state index < -0.39 is 24.6 Å². The zero-order valence-electron chi connectivity index (χ0n) is 26.4. The molecule has 0 radical (unpaired) electrons. The topological polar surface area (TPSA) is 86.8 Å². The highest BCUT2D eigenvalue weighted by atomic mass is 16.7. The number of epoxide rings is 1. The SMILES string of the molecule is CCOC(C)OC1CCCC(C)C(O)C=CC(C)C(C(C)=CC=CC(C)CC2OC2C(C)C(CC)OC)OC1=O. The van der Waals surface area contributed by atoms with Gasteiger partial charge in [-0.1, -0.05) is 65.0 Å². The fraction of sp³-hybridized carbons (Fsp3) is 0.788. The zero-order chi connectivity index (χ0) is 29.8. The molecule has 0 aliphatic carbocycles. The summed E-state index contributed by atoms with van der Waals surface area (Å²) in [5, 5.41) is 10.6. The Morgan fingerprint density at radius 1 is 1.18 bits per heavy atom. The molecule has 40 heavy (non-hydrogen) atoms. The van der Waals surface area contributed by atoms with Crippen molar-refractivity contribution in [1.29, 1.82) is 0 Å². The molecule has 0 aromatic carbocycles. The van der Waals surface area contributed by atoms with Crippen LogP contribution in [0.25, 0.3) is 0 Å². The number of carbonyl (C=O) groups is 1. The summed E-state index contributed by atoms with van der Waals surface area (Å²) in [6.45, 7) is 16.8. The molecule has 1 saturated heterocycles. The van der Waals surface area contributed by atoms with Gasteiger partial charge in [0.1, 0.15) is 6.10 Å². The third-order valence-electron chi connectivity index (χ3n) is 8.34. The maximum absolute atomic E-state index is 13.3. The fourth-order valence-electron chi connectivity index (χ4n) is 5.65. The van der Waals surface area contributed by atoms with Crippen molar-refractivity contribution in [1.82, 2.24) is 0 Å². The van der Waals surface area contributed by atoms with Crippen molar-refractivity contribution in [3.63, 3.8) is 0 Å². The summed E-state index contributed by atoms with van der Waals surface area (Å²) < 4.78 is 29.2. The maximum Gasteiger partial charge on any atom is 0.335 e. The van der Waals surface area contributed by atoms with Gasteiger partial charge in [0.05, 0.1) is 24.4 Å². The van der Waals surface area contributed by atoms with E-state index >= 15 is 0 Å². The van der Waals surface area contributed by atoms with Crippen LogP contribution in [-0.2, 0) is 28.5 Å². The predicted octanol–water partition coefficient (Wildman–Crippen LogP) is 6.40. The molecule has 2 aliphatic rings. The predicted molar refractivity (Wildman–Crippen MR) is 159 cm³/mol. The van der Waals surface area contributed by atoms with E-state index in [0.717, 1.165) is 31.3 Å². The first-order chi connectivity index (χ1) is 19.0. The lowest BCUT2D eigenvalue weighted by molar-refractivity contribution is -0.192. The monoisotopic (exact) mass is 564 g/mol. The number of carbonyl (C=O) groups excluding carboxylic acids is 1. The molecule has 0 aromatic rings. The number of aliphatic hydroxyl groups is 1. The molecule has 230 valence electrons. The van der Waals surface area contributed by atoms with Gasteiger partial charge >= 0.3 is 5.97 Å². The minimum Gasteiger partial charge on any atom is -0.455 e. The second-order valence-corrected chi connectivity index (χ2v) is 11.8. The molecular formula is C33H56O7. The lowest BCUT2D eigenvalue weighted by Crippen LogP contribution is -2.36. The molecule has 11 unspecified atom stereocenters. The number of esters is 1. The first-order valence-electron chi connectivity index (χ1n) is 15.4. The smallest absolute Gasteiger partial charge is 0.335 e. The van der Waals surface area contributed by atoms with Crippen LogP contribution in [0.15, 0.2) is 36.0 Å². The molecule has 7 heteroatoms. The second-order valence-electron chi connectivity index (χ2n) is 11.8. The van der Waals surface area contributed by atoms with Crippen molar-refractivity contribution < 1.29 is 33.6 Å². The van der Waals surface area contributed by atoms with Crippen LogP contribution in [0.4, 0.5) is 0 Å². The van der Waals surface area contributed by atoms with E-state index in [4.69, 9.17) is 23.7 Å². The number of ether oxygens (including phenoxy) is 5. The highest BCUT2D eigenvalue weighted by molar-refractivity contribution is 5.75. The first-order valence-corrected chi connectivity index (χ1v) is 15.4. The molecule has 0 saturated carbocycles. The molecule has 1 fully saturated rings. The average Bonchev–Trinajstić information content (AvgIpc) is 3.68. The molecule has 2 rings (SSSR count). The Bertz CT molecular complexity index is 833. The third kappa shape index (κ3) is 11.1. The minimum absolute atomic E-state index is 0.0868. The summed E-state index contributed by atoms with van der Waals surface area (Å²) in [5.74, 6) is 0.326. The minimum atomic E-state index is -0.716. The Morgan fingerprint density at radius 3 is 2.55 bits per heavy atom. The van der Waals surface area contributed by atoms with Crippen molar-refractivity contribution in [2.45, 2.75) is 130 Å². The summed E-state index contributed by atoms with van der Waals surface area (Å²) in [5.41, 5.74) is 0.935. The molecule has 0 aromatic heterocycles. The molecule has 11 atom stereocenters. The number of methoxy groups -OCH3 is 1. The van der Waals surface area contributed by atoms with Gasteiger partial charge in [-0.25, -0.2) is 4.79 Å². The van der Waals surface area contributed by atoms with Gasteiger partial charge in [0.25, 0.3) is 0 Å². The molecule has 0 amide bonds. The second kappa shape index (κ2) is 17.4. The molecule has 1 N–H and O–H groups in total. The van der Waals surface area contributed by atoms with Gasteiger partial charge in [-0.3, -0.25) is 0 Å². The van der Waals surface area contributed by atoms with Crippen LogP contribution >= 0.6 is 0 Å². The molecule has 7 nitrogen and oxygen atoms in total. The largest absolute Gasteiger partial charge is 0.455 e. The summed E-state index contributed by atoms with van der Waals surface area (Å²) >= 11 is 0. The van der Waals surface area contributed by atoms with E-state index in [1.54, 1.807) is 14.0 Å². The summed E-state index contributed by atoms with van der Waals surface area (Å²) in [6, 6.07) is 0. The van der Waals surface area contributed by atoms with E-state index in [1.165, 1.54) is 0 Å². The van der Waals surface area contributed by atoms with Crippen LogP contribution in [0.1, 0.15) is 87.5 Å². The maximum atomic E-state index is 13.3. The Kier molecular flexibility index (Phi) is 15.1. The number of rotatable bonds is 13. The zero-order valence-corrected chi connectivity index (χ0v) is 26.4. The van der Waals surface area contributed by atoms with Gasteiger partial charge < -0.3 is 28.8 Å². The van der Waals surface area contributed by atoms with Crippen molar-refractivity contribution in [3.05, 3.63) is 36.0 Å². The van der Waals surface area contributed by atoms with Gasteiger partial charge in [0.15, 0.2) is 12.4 Å². The van der Waals surface area contributed by atoms with Gasteiger partial charge in [-0.05, 0) is 70.3 Å². The number of cyclic esters (lactones) is 1. The van der Waals surface area contributed by atoms with E-state index in [2.05, 4.69) is 26.8 Å². The molecule has 2 aliphatic heterocycles. The lowest BCUT2D eigenvalue weighted by Gasteiger charge is -2.28. The Labute approximate surface area is 243 Å². The fourth-order valence-corrected chi connectivity index (χ4v) is 5.65. The highest BCUT2D eigenvalue weighted by Crippen LogP contribution is 2.37. The molecule has 0 bridgehead atoms. The quantitative estimate of drug-likeness (QED) is 0.0911. The molecule has 2 heterocycles. The third-order valence-corrected chi connectivity index (χ3v) is 8.34. The lowest BCUT2D eigenvalue weighted by atomic mass is 9.92. The Balaban J connectivity index is 2.10. The Morgan fingerprint density at radius 2 is 1.90 bits per heavy atom. The average molecular weight is 565 g/mol. The van der Waals surface area contributed by atoms with Crippen molar-refractivity contribution >= 4 is 5.97 Å². The number of aliphatic hydroxyl groups excluding tert-OH is 1. The van der Waals surface area contributed by atoms with Gasteiger partial charge in [-0.2, -0.15) is 0 Å².